The van der Waals surface area contributed by atoms with Crippen molar-refractivity contribution >= 4 is 35.5 Å². The molecule has 0 atom stereocenters. The van der Waals surface area contributed by atoms with Crippen LogP contribution in [0.4, 0.5) is 32.9 Å². The number of carbonyl (C=O) groups is 2. The minimum atomic E-state index is -1.31. The Morgan fingerprint density at radius 3 is 1.42 bits per heavy atom. The van der Waals surface area contributed by atoms with Crippen molar-refractivity contribution in [3.05, 3.63) is 67.0 Å². The highest BCUT2D eigenvalue weighted by Gasteiger charge is 2.24. The number of aromatic nitrogens is 3. The largest absolute Gasteiger partial charge is 0.464 e. The van der Waals surface area contributed by atoms with Gasteiger partial charge in [0, 0.05) is 0 Å². The molecule has 26 heavy (non-hydrogen) atoms. The van der Waals surface area contributed by atoms with E-state index in [1.54, 1.807) is 60.7 Å². The molecule has 1 aromatic heterocycles. The average Bonchev–Trinajstić information content (AvgIpc) is 2.64. The summed E-state index contributed by atoms with van der Waals surface area (Å²) in [6.07, 6.45) is -1.56. The zero-order valence-corrected chi connectivity index (χ0v) is 13.3. The molecule has 3 aromatic rings. The molecule has 0 fully saturated rings. The predicted molar refractivity (Wildman–Crippen MR) is 93.0 cm³/mol. The smallest absolute Gasteiger partial charge is 0.418 e. The molecular formula is C17H13N5O4. The molecule has 0 aliphatic rings. The van der Waals surface area contributed by atoms with Gasteiger partial charge >= 0.3 is 12.2 Å². The second-order valence-corrected chi connectivity index (χ2v) is 4.99. The molecule has 130 valence electrons. The molecule has 2 amide bonds. The molecule has 0 bridgehead atoms. The van der Waals surface area contributed by atoms with Gasteiger partial charge in [-0.05, 0) is 24.3 Å². The van der Waals surface area contributed by atoms with Gasteiger partial charge in [-0.1, -0.05) is 36.4 Å². The van der Waals surface area contributed by atoms with E-state index >= 15 is 0 Å². The third-order valence-electron chi connectivity index (χ3n) is 3.36. The minimum Gasteiger partial charge on any atom is -0.464 e. The highest BCUT2D eigenvalue weighted by molar-refractivity contribution is 5.94. The summed E-state index contributed by atoms with van der Waals surface area (Å²) in [5, 5.41) is 19.1. The van der Waals surface area contributed by atoms with Crippen molar-refractivity contribution in [2.24, 2.45) is 0 Å². The first-order valence-electron chi connectivity index (χ1n) is 7.43. The number of benzene rings is 2. The van der Waals surface area contributed by atoms with Crippen LogP contribution in [0.2, 0.25) is 0 Å². The van der Waals surface area contributed by atoms with Gasteiger partial charge in [0.1, 0.15) is 6.33 Å². The second kappa shape index (κ2) is 7.26. The Bertz CT molecular complexity index is 848. The van der Waals surface area contributed by atoms with Crippen molar-refractivity contribution in [1.82, 2.24) is 15.0 Å². The van der Waals surface area contributed by atoms with Gasteiger partial charge in [0.15, 0.2) is 0 Å². The first-order valence-corrected chi connectivity index (χ1v) is 7.43. The summed E-state index contributed by atoms with van der Waals surface area (Å²) in [5.41, 5.74) is 0.637. The van der Waals surface area contributed by atoms with E-state index in [-0.39, 0.29) is 11.9 Å². The summed E-state index contributed by atoms with van der Waals surface area (Å²) in [5.74, 6) is -0.424. The lowest BCUT2D eigenvalue weighted by Crippen LogP contribution is -2.29. The van der Waals surface area contributed by atoms with Gasteiger partial charge in [-0.2, -0.15) is 4.98 Å². The molecule has 9 nitrogen and oxygen atoms in total. The first-order chi connectivity index (χ1) is 12.6. The van der Waals surface area contributed by atoms with Crippen LogP contribution < -0.4 is 9.80 Å². The molecule has 0 unspecified atom stereocenters. The number of amides is 2. The van der Waals surface area contributed by atoms with Gasteiger partial charge in [0.25, 0.3) is 0 Å². The Morgan fingerprint density at radius 2 is 1.08 bits per heavy atom. The van der Waals surface area contributed by atoms with E-state index in [1.807, 2.05) is 0 Å². The number of para-hydroxylation sites is 2. The van der Waals surface area contributed by atoms with Gasteiger partial charge in [-0.25, -0.2) is 29.4 Å². The maximum absolute atomic E-state index is 11.7. The fourth-order valence-electron chi connectivity index (χ4n) is 2.27. The van der Waals surface area contributed by atoms with Crippen molar-refractivity contribution in [1.29, 1.82) is 0 Å². The van der Waals surface area contributed by atoms with Crippen LogP contribution in [0.15, 0.2) is 67.0 Å². The van der Waals surface area contributed by atoms with Crippen molar-refractivity contribution in [2.45, 2.75) is 0 Å². The molecule has 3 rings (SSSR count). The van der Waals surface area contributed by atoms with Crippen LogP contribution in [0, 0.1) is 0 Å². The summed E-state index contributed by atoms with van der Waals surface area (Å²) in [4.78, 5) is 36.8. The molecule has 0 radical (unpaired) electrons. The maximum Gasteiger partial charge on any atom is 0.418 e. The molecule has 2 N–H and O–H groups in total. The predicted octanol–water partition coefficient (Wildman–Crippen LogP) is 3.50. The van der Waals surface area contributed by atoms with Gasteiger partial charge in [-0.3, -0.25) is 0 Å². The molecule has 1 heterocycles. The van der Waals surface area contributed by atoms with Gasteiger partial charge in [0.2, 0.25) is 11.9 Å². The lowest BCUT2D eigenvalue weighted by molar-refractivity contribution is 0.203. The molecule has 0 spiro atoms. The zero-order valence-electron chi connectivity index (χ0n) is 13.3. The van der Waals surface area contributed by atoms with Crippen LogP contribution in [0.25, 0.3) is 0 Å². The number of carboxylic acid groups (broad SMARTS) is 2. The fourth-order valence-corrected chi connectivity index (χ4v) is 2.27. The Kier molecular flexibility index (Phi) is 4.70. The van der Waals surface area contributed by atoms with Crippen LogP contribution in [-0.2, 0) is 0 Å². The lowest BCUT2D eigenvalue weighted by Gasteiger charge is -2.20. The van der Waals surface area contributed by atoms with Crippen LogP contribution in [0.3, 0.4) is 0 Å². The van der Waals surface area contributed by atoms with E-state index in [2.05, 4.69) is 15.0 Å². The first kappa shape index (κ1) is 16.8. The van der Waals surface area contributed by atoms with Crippen LogP contribution in [0.5, 0.6) is 0 Å². The van der Waals surface area contributed by atoms with Crippen LogP contribution in [-0.4, -0.2) is 37.4 Å². The minimum absolute atomic E-state index is 0.212. The van der Waals surface area contributed by atoms with Crippen molar-refractivity contribution in [2.75, 3.05) is 9.80 Å². The molecule has 2 aromatic carbocycles. The monoisotopic (exact) mass is 351 g/mol. The Hall–Kier alpha value is -4.01. The standard InChI is InChI=1S/C17H13N5O4/c23-16(24)21(12-7-3-1-4-8-12)14-18-11-19-15(20-14)22(17(25)26)13-9-5-2-6-10-13/h1-11H,(H,23,24)(H,25,26). The van der Waals surface area contributed by atoms with Crippen molar-refractivity contribution in [3.8, 4) is 0 Å². The molecule has 0 saturated heterocycles. The topological polar surface area (TPSA) is 120 Å². The molecule has 0 aliphatic heterocycles. The highest BCUT2D eigenvalue weighted by atomic mass is 16.4. The quantitative estimate of drug-likeness (QED) is 0.738. The normalized spacial score (nSPS) is 10.2. The number of rotatable bonds is 4. The van der Waals surface area contributed by atoms with E-state index in [9.17, 15) is 19.8 Å². The maximum atomic E-state index is 11.7. The van der Waals surface area contributed by atoms with Crippen molar-refractivity contribution in [3.63, 3.8) is 0 Å². The van der Waals surface area contributed by atoms with Gasteiger partial charge in [-0.15, -0.1) is 0 Å². The number of hydrogen-bond donors (Lipinski definition) is 2. The molecule has 9 heteroatoms. The second-order valence-electron chi connectivity index (χ2n) is 4.99. The van der Waals surface area contributed by atoms with Crippen LogP contribution in [0.1, 0.15) is 0 Å². The summed E-state index contributed by atoms with van der Waals surface area (Å²) in [6, 6.07) is 16.4. The molecule has 0 aliphatic carbocycles. The SMILES string of the molecule is O=C(O)N(c1ccccc1)c1ncnc(N(C(=O)O)c2ccccc2)n1. The zero-order chi connectivity index (χ0) is 18.5. The van der Waals surface area contributed by atoms with E-state index < -0.39 is 12.2 Å². The van der Waals surface area contributed by atoms with Crippen molar-refractivity contribution < 1.29 is 19.8 Å². The number of anilines is 4. The van der Waals surface area contributed by atoms with E-state index in [0.717, 1.165) is 16.1 Å². The van der Waals surface area contributed by atoms with Crippen LogP contribution >= 0.6 is 0 Å². The van der Waals surface area contributed by atoms with Gasteiger partial charge in [0.05, 0.1) is 11.4 Å². The Morgan fingerprint density at radius 1 is 0.692 bits per heavy atom. The van der Waals surface area contributed by atoms with E-state index in [4.69, 9.17) is 0 Å². The fraction of sp³-hybridized carbons (Fsp3) is 0. The summed E-state index contributed by atoms with van der Waals surface area (Å²) in [6.45, 7) is 0. The van der Waals surface area contributed by atoms with Gasteiger partial charge < -0.3 is 10.2 Å². The highest BCUT2D eigenvalue weighted by Crippen LogP contribution is 2.26. The van der Waals surface area contributed by atoms with E-state index in [1.165, 1.54) is 0 Å². The average molecular weight is 351 g/mol. The molecular weight excluding hydrogens is 338 g/mol. The number of nitrogens with zero attached hydrogens (tertiary/aromatic N) is 5. The Labute approximate surface area is 147 Å². The summed E-state index contributed by atoms with van der Waals surface area (Å²) >= 11 is 0. The Balaban J connectivity index is 2.06. The third kappa shape index (κ3) is 3.41. The third-order valence-corrected chi connectivity index (χ3v) is 3.36. The van der Waals surface area contributed by atoms with E-state index in [0.29, 0.717) is 11.4 Å². The molecule has 0 saturated carbocycles. The lowest BCUT2D eigenvalue weighted by atomic mass is 10.3. The summed E-state index contributed by atoms with van der Waals surface area (Å²) < 4.78 is 0. The summed E-state index contributed by atoms with van der Waals surface area (Å²) in [7, 11) is 0. The number of hydrogen-bond acceptors (Lipinski definition) is 5.